The van der Waals surface area contributed by atoms with E-state index in [1.807, 2.05) is 13.1 Å². The van der Waals surface area contributed by atoms with Crippen molar-refractivity contribution in [3.63, 3.8) is 0 Å². The molecule has 0 radical (unpaired) electrons. The summed E-state index contributed by atoms with van der Waals surface area (Å²) in [6.45, 7) is 1.33. The van der Waals surface area contributed by atoms with Gasteiger partial charge in [-0.25, -0.2) is 0 Å². The van der Waals surface area contributed by atoms with Crippen molar-refractivity contribution in [1.29, 1.82) is 0 Å². The van der Waals surface area contributed by atoms with Gasteiger partial charge in [0.15, 0.2) is 6.29 Å². The van der Waals surface area contributed by atoms with Crippen molar-refractivity contribution in [2.45, 2.75) is 151 Å². The third-order valence-corrected chi connectivity index (χ3v) is 9.97. The number of amides is 1. The predicted octanol–water partition coefficient (Wildman–Crippen LogP) is 1.06. The number of nitrogens with one attached hydrogen (secondary N) is 2. The lowest BCUT2D eigenvalue weighted by molar-refractivity contribution is -0.323. The van der Waals surface area contributed by atoms with Gasteiger partial charge in [0.25, 0.3) is 0 Å². The molecule has 2 fully saturated rings. The smallest absolute Gasteiger partial charge is 0.229 e. The van der Waals surface area contributed by atoms with Crippen molar-refractivity contribution >= 4 is 16.8 Å². The second kappa shape index (κ2) is 22.0. The van der Waals surface area contributed by atoms with Gasteiger partial charge in [0.05, 0.1) is 19.3 Å². The van der Waals surface area contributed by atoms with Crippen molar-refractivity contribution in [3.8, 4) is 5.75 Å². The average Bonchev–Trinajstić information content (AvgIpc) is 3.56. The molecule has 0 saturated carbocycles. The van der Waals surface area contributed by atoms with Gasteiger partial charge in [-0.1, -0.05) is 38.3 Å². The van der Waals surface area contributed by atoms with Gasteiger partial charge in [-0.05, 0) is 75.1 Å². The number of aliphatic hydroxyl groups excluding tert-OH is 8. The topological polar surface area (TPSA) is 244 Å². The maximum absolute atomic E-state index is 12.4. The molecule has 2 saturated heterocycles. The van der Waals surface area contributed by atoms with Gasteiger partial charge in [-0.2, -0.15) is 0 Å². The Balaban J connectivity index is 1.17. The molecule has 2 aliphatic heterocycles. The Morgan fingerprint density at radius 2 is 1.53 bits per heavy atom. The number of unbranched alkanes of at least 4 members (excludes halogenated alkanes) is 6. The van der Waals surface area contributed by atoms with Crippen molar-refractivity contribution in [1.82, 2.24) is 10.3 Å². The van der Waals surface area contributed by atoms with Gasteiger partial charge in [-0.3, -0.25) is 4.79 Å². The highest BCUT2D eigenvalue weighted by Gasteiger charge is 2.48. The standard InChI is InChI=1S/C38H60N2O13/c1-2-24(42)13-11-9-7-5-3-4-6-8-10-12-14-30(43)39-18-17-23-20-40-27-16-15-25(19-26(23)27)51-38-36(49)34(47)32(45)29(53-38)22-50-37-35(48)33(46)31(44)28(21-41)52-37/h5,7,15-16,19-20,24,28-29,31-38,40-42,44-49H,2-4,6,8-14,17-18,21-22H2,1H3,(H,39,43)/b7-5-/t24?,28?,29?,31-,32-,33+,34+,35?,36?,37+,38+/m1/s1. The van der Waals surface area contributed by atoms with E-state index in [9.17, 15) is 45.6 Å². The number of carbonyl (C=O) groups excluding carboxylic acids is 1. The van der Waals surface area contributed by atoms with Crippen LogP contribution in [0.2, 0.25) is 0 Å². The van der Waals surface area contributed by atoms with E-state index >= 15 is 0 Å². The summed E-state index contributed by atoms with van der Waals surface area (Å²) in [6, 6.07) is 5.17. The fraction of sp³-hybridized carbons (Fsp3) is 0.711. The molecule has 2 aliphatic rings. The Bertz CT molecular complexity index is 1390. The van der Waals surface area contributed by atoms with E-state index in [0.29, 0.717) is 25.1 Å². The van der Waals surface area contributed by atoms with E-state index in [1.54, 1.807) is 18.2 Å². The first-order valence-electron chi connectivity index (χ1n) is 19.0. The van der Waals surface area contributed by atoms with Gasteiger partial charge in [-0.15, -0.1) is 0 Å². The van der Waals surface area contributed by atoms with E-state index in [0.717, 1.165) is 80.7 Å². The van der Waals surface area contributed by atoms with E-state index in [1.165, 1.54) is 0 Å². The minimum absolute atomic E-state index is 0.0132. The fourth-order valence-electron chi connectivity index (χ4n) is 6.53. The minimum Gasteiger partial charge on any atom is -0.462 e. The highest BCUT2D eigenvalue weighted by molar-refractivity contribution is 5.84. The zero-order valence-corrected chi connectivity index (χ0v) is 30.5. The average molecular weight is 753 g/mol. The van der Waals surface area contributed by atoms with Crippen molar-refractivity contribution in [3.05, 3.63) is 42.1 Å². The summed E-state index contributed by atoms with van der Waals surface area (Å²) in [5, 5.41) is 84.8. The molecule has 300 valence electrons. The number of rotatable bonds is 22. The van der Waals surface area contributed by atoms with Crippen LogP contribution in [0.4, 0.5) is 0 Å². The zero-order valence-electron chi connectivity index (χ0n) is 30.5. The number of allylic oxidation sites excluding steroid dienone is 2. The Hall–Kier alpha value is -2.67. The number of ether oxygens (including phenoxy) is 4. The SMILES string of the molecule is CCC(O)CCC/C=C\CCCCCCCC(=O)NCCc1c[nH]c2ccc(O[C@H]3OC(CO[C@H]4OC(CO)[C@@H](O)[C@H](O)C4O)[C@@H](O)[C@H](O)C3O)cc12. The fourth-order valence-corrected chi connectivity index (χ4v) is 6.53. The number of hydrogen-bond donors (Lipinski definition) is 10. The van der Waals surface area contributed by atoms with E-state index < -0.39 is 74.6 Å². The van der Waals surface area contributed by atoms with Crippen LogP contribution in [0.3, 0.4) is 0 Å². The van der Waals surface area contributed by atoms with Gasteiger partial charge in [0.2, 0.25) is 12.2 Å². The number of aliphatic hydroxyl groups is 8. The quantitative estimate of drug-likeness (QED) is 0.0599. The molecule has 53 heavy (non-hydrogen) atoms. The number of carbonyl (C=O) groups is 1. The molecule has 1 aromatic heterocycles. The first-order chi connectivity index (χ1) is 25.5. The van der Waals surface area contributed by atoms with Crippen molar-refractivity contribution in [2.24, 2.45) is 0 Å². The van der Waals surface area contributed by atoms with Crippen LogP contribution < -0.4 is 10.1 Å². The monoisotopic (exact) mass is 752 g/mol. The summed E-state index contributed by atoms with van der Waals surface area (Å²) < 4.78 is 22.5. The summed E-state index contributed by atoms with van der Waals surface area (Å²) in [6.07, 6.45) is 1.98. The van der Waals surface area contributed by atoms with Gasteiger partial charge in [0, 0.05) is 30.1 Å². The lowest BCUT2D eigenvalue weighted by Gasteiger charge is -2.42. The Labute approximate surface area is 310 Å². The molecule has 4 rings (SSSR count). The van der Waals surface area contributed by atoms with Gasteiger partial charge < -0.3 is 70.1 Å². The summed E-state index contributed by atoms with van der Waals surface area (Å²) in [5.41, 5.74) is 1.76. The Kier molecular flexibility index (Phi) is 17.9. The zero-order chi connectivity index (χ0) is 38.3. The molecular formula is C38H60N2O13. The van der Waals surface area contributed by atoms with Crippen LogP contribution in [0.15, 0.2) is 36.5 Å². The summed E-state index contributed by atoms with van der Waals surface area (Å²) in [4.78, 5) is 15.6. The number of hydrogen-bond acceptors (Lipinski definition) is 13. The lowest BCUT2D eigenvalue weighted by atomic mass is 9.98. The summed E-state index contributed by atoms with van der Waals surface area (Å²) in [7, 11) is 0. The second-order valence-corrected chi connectivity index (χ2v) is 14.1. The van der Waals surface area contributed by atoms with Crippen LogP contribution >= 0.6 is 0 Å². The van der Waals surface area contributed by atoms with Crippen LogP contribution in [-0.4, -0.2) is 139 Å². The first-order valence-corrected chi connectivity index (χ1v) is 19.0. The highest BCUT2D eigenvalue weighted by atomic mass is 16.7. The maximum atomic E-state index is 12.4. The molecular weight excluding hydrogens is 692 g/mol. The van der Waals surface area contributed by atoms with Gasteiger partial charge >= 0.3 is 0 Å². The third-order valence-electron chi connectivity index (χ3n) is 9.97. The normalized spacial score (nSPS) is 29.8. The molecule has 0 spiro atoms. The molecule has 0 aliphatic carbocycles. The minimum atomic E-state index is -1.68. The number of aromatic amines is 1. The number of H-pyrrole nitrogens is 1. The molecule has 11 atom stereocenters. The number of benzene rings is 1. The number of aromatic nitrogens is 1. The molecule has 10 N–H and O–H groups in total. The van der Waals surface area contributed by atoms with E-state index in [-0.39, 0.29) is 12.0 Å². The molecule has 3 heterocycles. The lowest BCUT2D eigenvalue weighted by Crippen LogP contribution is -2.62. The van der Waals surface area contributed by atoms with Crippen molar-refractivity contribution < 1.29 is 64.6 Å². The summed E-state index contributed by atoms with van der Waals surface area (Å²) >= 11 is 0. The Morgan fingerprint density at radius 3 is 2.26 bits per heavy atom. The van der Waals surface area contributed by atoms with Crippen LogP contribution in [0.1, 0.15) is 83.1 Å². The Morgan fingerprint density at radius 1 is 0.868 bits per heavy atom. The molecule has 5 unspecified atom stereocenters. The van der Waals surface area contributed by atoms with Crippen LogP contribution in [0.25, 0.3) is 10.9 Å². The second-order valence-electron chi connectivity index (χ2n) is 14.1. The van der Waals surface area contributed by atoms with E-state index in [4.69, 9.17) is 18.9 Å². The molecule has 1 amide bonds. The predicted molar refractivity (Wildman–Crippen MR) is 194 cm³/mol. The van der Waals surface area contributed by atoms with Crippen LogP contribution in [-0.2, 0) is 25.4 Å². The van der Waals surface area contributed by atoms with E-state index in [2.05, 4.69) is 22.5 Å². The maximum Gasteiger partial charge on any atom is 0.229 e. The van der Waals surface area contributed by atoms with Crippen LogP contribution in [0.5, 0.6) is 5.75 Å². The number of fused-ring (bicyclic) bond motifs is 1. The highest BCUT2D eigenvalue weighted by Crippen LogP contribution is 2.29. The molecule has 2 aromatic rings. The first kappa shape index (κ1) is 43.1. The molecule has 15 nitrogen and oxygen atoms in total. The summed E-state index contributed by atoms with van der Waals surface area (Å²) in [5.74, 6) is 0.321. The van der Waals surface area contributed by atoms with Crippen LogP contribution in [0, 0.1) is 0 Å². The van der Waals surface area contributed by atoms with Crippen molar-refractivity contribution in [2.75, 3.05) is 19.8 Å². The molecule has 15 heteroatoms. The third kappa shape index (κ3) is 12.7. The van der Waals surface area contributed by atoms with Gasteiger partial charge in [0.1, 0.15) is 54.6 Å². The molecule has 1 aromatic carbocycles. The molecule has 0 bridgehead atoms. The largest absolute Gasteiger partial charge is 0.462 e.